The van der Waals surface area contributed by atoms with E-state index < -0.39 is 5.41 Å². The van der Waals surface area contributed by atoms with Crippen LogP contribution in [0.2, 0.25) is 0 Å². The van der Waals surface area contributed by atoms with Crippen LogP contribution in [0.3, 0.4) is 0 Å². The van der Waals surface area contributed by atoms with Crippen LogP contribution in [0.5, 0.6) is 0 Å². The summed E-state index contributed by atoms with van der Waals surface area (Å²) < 4.78 is 0. The minimum absolute atomic E-state index is 0.394. The molecule has 1 heteroatoms. The number of hydrogen-bond donors (Lipinski definition) is 0. The smallest absolute Gasteiger partial charge is 0.0726 e. The molecule has 0 amide bonds. The predicted molar refractivity (Wildman–Crippen MR) is 199 cm³/mol. The van der Waals surface area contributed by atoms with Crippen LogP contribution in [-0.2, 0) is 5.41 Å². The minimum Gasteiger partial charge on any atom is -0.309 e. The van der Waals surface area contributed by atoms with Gasteiger partial charge in [0, 0.05) is 16.8 Å². The summed E-state index contributed by atoms with van der Waals surface area (Å²) in [6.45, 7) is 0. The van der Waals surface area contributed by atoms with Crippen molar-refractivity contribution < 1.29 is 0 Å². The third-order valence-electron chi connectivity index (χ3n) is 11.0. The van der Waals surface area contributed by atoms with Gasteiger partial charge in [0.15, 0.2) is 0 Å². The van der Waals surface area contributed by atoms with Gasteiger partial charge < -0.3 is 4.90 Å². The van der Waals surface area contributed by atoms with Gasteiger partial charge in [-0.05, 0) is 90.7 Å². The summed E-state index contributed by atoms with van der Waals surface area (Å²) in [7, 11) is 0. The SMILES string of the molecule is c1ccc2c(c1)-c1cccc3cccc(c13)-c1ccccc1N2c1ccc2c(c1)C1(c3ccccc3-c3ccccc31)c1ccccc1-2. The first kappa shape index (κ1) is 25.9. The fraction of sp³-hybridized carbons (Fsp3) is 0.0213. The lowest BCUT2D eigenvalue weighted by Crippen LogP contribution is -2.26. The topological polar surface area (TPSA) is 3.24 Å². The van der Waals surface area contributed by atoms with Gasteiger partial charge >= 0.3 is 0 Å². The van der Waals surface area contributed by atoms with Crippen LogP contribution in [-0.4, -0.2) is 0 Å². The zero-order chi connectivity index (χ0) is 31.4. The highest BCUT2D eigenvalue weighted by Crippen LogP contribution is 2.63. The van der Waals surface area contributed by atoms with E-state index in [-0.39, 0.29) is 0 Å². The maximum atomic E-state index is 2.50. The quantitative estimate of drug-likeness (QED) is 0.179. The van der Waals surface area contributed by atoms with Crippen molar-refractivity contribution in [1.29, 1.82) is 0 Å². The van der Waals surface area contributed by atoms with E-state index in [2.05, 4.69) is 181 Å². The van der Waals surface area contributed by atoms with E-state index in [0.29, 0.717) is 0 Å². The Kier molecular flexibility index (Phi) is 5.10. The van der Waals surface area contributed by atoms with Crippen molar-refractivity contribution in [3.8, 4) is 44.5 Å². The largest absolute Gasteiger partial charge is 0.309 e. The molecule has 0 radical (unpaired) electrons. The maximum Gasteiger partial charge on any atom is 0.0726 e. The molecule has 48 heavy (non-hydrogen) atoms. The first-order valence-electron chi connectivity index (χ1n) is 16.8. The summed E-state index contributed by atoms with van der Waals surface area (Å²) in [4.78, 5) is 2.50. The second-order valence-corrected chi connectivity index (χ2v) is 13.2. The average molecular weight is 608 g/mol. The molecule has 2 aliphatic carbocycles. The predicted octanol–water partition coefficient (Wildman–Crippen LogP) is 12.3. The summed E-state index contributed by atoms with van der Waals surface area (Å²) in [6, 6.07) is 65.6. The molecule has 8 aromatic rings. The second kappa shape index (κ2) is 9.44. The zero-order valence-corrected chi connectivity index (χ0v) is 26.2. The van der Waals surface area contributed by atoms with Gasteiger partial charge in [-0.15, -0.1) is 0 Å². The Morgan fingerprint density at radius 1 is 0.312 bits per heavy atom. The van der Waals surface area contributed by atoms with Crippen LogP contribution in [0.25, 0.3) is 55.3 Å². The van der Waals surface area contributed by atoms with Crippen LogP contribution < -0.4 is 4.90 Å². The van der Waals surface area contributed by atoms with Crippen molar-refractivity contribution in [3.63, 3.8) is 0 Å². The van der Waals surface area contributed by atoms with Crippen molar-refractivity contribution in [2.24, 2.45) is 0 Å². The van der Waals surface area contributed by atoms with Gasteiger partial charge in [0.05, 0.1) is 16.8 Å². The van der Waals surface area contributed by atoms with Crippen molar-refractivity contribution >= 4 is 27.8 Å². The Morgan fingerprint density at radius 2 is 0.729 bits per heavy atom. The van der Waals surface area contributed by atoms with Gasteiger partial charge in [-0.1, -0.05) is 152 Å². The van der Waals surface area contributed by atoms with Crippen molar-refractivity contribution in [2.45, 2.75) is 5.41 Å². The van der Waals surface area contributed by atoms with Crippen molar-refractivity contribution in [3.05, 3.63) is 198 Å². The molecule has 0 saturated heterocycles. The highest BCUT2D eigenvalue weighted by atomic mass is 15.1. The molecule has 8 aromatic carbocycles. The standard InChI is InChI=1S/C47H29N/c1-6-22-40-32(15-1)33-16-2-7-23-41(33)47(40)42-24-8-3-17-34(42)35-28-27-31(29-43(35)47)48-44-25-9-4-18-36(44)38-20-11-13-30-14-12-21-39(46(30)38)37-19-5-10-26-45(37)48/h1-29H. The van der Waals surface area contributed by atoms with E-state index in [0.717, 1.165) is 5.69 Å². The number of hydrogen-bond acceptors (Lipinski definition) is 1. The molecule has 0 fully saturated rings. The van der Waals surface area contributed by atoms with Crippen LogP contribution in [0.4, 0.5) is 17.1 Å². The number of benzene rings is 8. The third-order valence-corrected chi connectivity index (χ3v) is 11.0. The fourth-order valence-corrected chi connectivity index (χ4v) is 9.21. The van der Waals surface area contributed by atoms with E-state index in [9.17, 15) is 0 Å². The molecule has 222 valence electrons. The lowest BCUT2D eigenvalue weighted by Gasteiger charge is -2.34. The van der Waals surface area contributed by atoms with Crippen molar-refractivity contribution in [1.82, 2.24) is 0 Å². The Hall–Kier alpha value is -6.18. The van der Waals surface area contributed by atoms with Gasteiger partial charge in [0.25, 0.3) is 0 Å². The molecule has 11 rings (SSSR count). The molecule has 0 atom stereocenters. The molecule has 0 aromatic heterocycles. The first-order chi connectivity index (χ1) is 23.8. The molecule has 0 bridgehead atoms. The fourth-order valence-electron chi connectivity index (χ4n) is 9.21. The van der Waals surface area contributed by atoms with Gasteiger partial charge in [0.1, 0.15) is 0 Å². The van der Waals surface area contributed by atoms with Crippen LogP contribution >= 0.6 is 0 Å². The molecule has 0 N–H and O–H groups in total. The highest BCUT2D eigenvalue weighted by molar-refractivity contribution is 6.12. The maximum absolute atomic E-state index is 2.50. The van der Waals surface area contributed by atoms with Crippen molar-refractivity contribution in [2.75, 3.05) is 4.90 Å². The molecule has 0 saturated carbocycles. The minimum atomic E-state index is -0.394. The van der Waals surface area contributed by atoms with E-state index in [4.69, 9.17) is 0 Å². The average Bonchev–Trinajstić information content (AvgIpc) is 3.62. The molecule has 1 spiro atoms. The second-order valence-electron chi connectivity index (χ2n) is 13.2. The van der Waals surface area contributed by atoms with Gasteiger partial charge in [-0.3, -0.25) is 0 Å². The monoisotopic (exact) mass is 607 g/mol. The normalized spacial score (nSPS) is 14.0. The molecule has 0 unspecified atom stereocenters. The molecule has 1 aliphatic heterocycles. The summed E-state index contributed by atoms with van der Waals surface area (Å²) >= 11 is 0. The lowest BCUT2D eigenvalue weighted by molar-refractivity contribution is 0.793. The number of nitrogens with zero attached hydrogens (tertiary/aromatic N) is 1. The Bertz CT molecular complexity index is 2500. The van der Waals surface area contributed by atoms with Gasteiger partial charge in [-0.2, -0.15) is 0 Å². The first-order valence-corrected chi connectivity index (χ1v) is 16.8. The number of fused-ring (bicyclic) bond motifs is 14. The lowest BCUT2D eigenvalue weighted by atomic mass is 9.70. The number of anilines is 3. The Labute approximate surface area is 280 Å². The molecule has 1 nitrogen and oxygen atoms in total. The third kappa shape index (κ3) is 3.16. The number of para-hydroxylation sites is 2. The van der Waals surface area contributed by atoms with Gasteiger partial charge in [0.2, 0.25) is 0 Å². The molecular formula is C47H29N. The summed E-state index contributed by atoms with van der Waals surface area (Å²) in [6.07, 6.45) is 0. The van der Waals surface area contributed by atoms with Crippen LogP contribution in [0, 0.1) is 0 Å². The summed E-state index contributed by atoms with van der Waals surface area (Å²) in [5.74, 6) is 0. The highest BCUT2D eigenvalue weighted by Gasteiger charge is 2.51. The van der Waals surface area contributed by atoms with E-state index in [1.165, 1.54) is 88.9 Å². The van der Waals surface area contributed by atoms with E-state index in [1.54, 1.807) is 0 Å². The zero-order valence-electron chi connectivity index (χ0n) is 26.2. The number of rotatable bonds is 1. The van der Waals surface area contributed by atoms with Crippen LogP contribution in [0.15, 0.2) is 176 Å². The molecule has 1 heterocycles. The van der Waals surface area contributed by atoms with E-state index in [1.807, 2.05) is 0 Å². The Balaban J connectivity index is 1.25. The van der Waals surface area contributed by atoms with E-state index >= 15 is 0 Å². The summed E-state index contributed by atoms with van der Waals surface area (Å²) in [5.41, 5.74) is 18.9. The molecular weight excluding hydrogens is 579 g/mol. The Morgan fingerprint density at radius 3 is 1.25 bits per heavy atom. The van der Waals surface area contributed by atoms with Gasteiger partial charge in [-0.25, -0.2) is 0 Å². The molecule has 3 aliphatic rings. The van der Waals surface area contributed by atoms with Crippen LogP contribution in [0.1, 0.15) is 22.3 Å². The summed E-state index contributed by atoms with van der Waals surface area (Å²) in [5, 5.41) is 2.57.